The monoisotopic (exact) mass is 303 g/mol. The van der Waals surface area contributed by atoms with Gasteiger partial charge in [0.25, 0.3) is 0 Å². The highest BCUT2D eigenvalue weighted by Crippen LogP contribution is 2.28. The summed E-state index contributed by atoms with van der Waals surface area (Å²) < 4.78 is 10.3. The Morgan fingerprint density at radius 3 is 2.67 bits per heavy atom. The van der Waals surface area contributed by atoms with Crippen LogP contribution in [0.4, 0.5) is 0 Å². The number of carbonyl (C=O) groups is 1. The summed E-state index contributed by atoms with van der Waals surface area (Å²) in [6.07, 6.45) is 1.51. The predicted octanol–water partition coefficient (Wildman–Crippen LogP) is 3.60. The number of hydrogen-bond acceptors (Lipinski definition) is 4. The van der Waals surface area contributed by atoms with E-state index in [1.165, 1.54) is 13.2 Å². The van der Waals surface area contributed by atoms with Crippen molar-refractivity contribution in [1.82, 2.24) is 0 Å². The van der Waals surface area contributed by atoms with Crippen LogP contribution in [0.25, 0.3) is 6.08 Å². The molecule has 0 spiro atoms. The van der Waals surface area contributed by atoms with E-state index in [1.807, 2.05) is 12.1 Å². The summed E-state index contributed by atoms with van der Waals surface area (Å²) in [5.41, 5.74) is 6.32. The van der Waals surface area contributed by atoms with Crippen molar-refractivity contribution in [2.24, 2.45) is 5.73 Å². The zero-order valence-electron chi connectivity index (χ0n) is 11.4. The molecule has 4 nitrogen and oxygen atoms in total. The average Bonchev–Trinajstić information content (AvgIpc) is 2.48. The third-order valence-corrected chi connectivity index (χ3v) is 2.91. The molecular formula is C16H14ClNO3. The molecule has 0 saturated carbocycles. The maximum absolute atomic E-state index is 11.4. The van der Waals surface area contributed by atoms with Crippen molar-refractivity contribution in [2.75, 3.05) is 7.11 Å². The number of methoxy groups -OCH3 is 1. The maximum Gasteiger partial charge on any atom is 0.353 e. The molecule has 5 heteroatoms. The van der Waals surface area contributed by atoms with Crippen LogP contribution in [0.1, 0.15) is 5.56 Å². The molecule has 21 heavy (non-hydrogen) atoms. The fourth-order valence-electron chi connectivity index (χ4n) is 1.69. The Hall–Kier alpha value is -2.46. The Labute approximate surface area is 127 Å². The largest absolute Gasteiger partial charge is 0.464 e. The third-order valence-electron chi connectivity index (χ3n) is 2.68. The number of para-hydroxylation sites is 1. The molecule has 0 amide bonds. The van der Waals surface area contributed by atoms with Gasteiger partial charge in [-0.3, -0.25) is 0 Å². The molecule has 108 valence electrons. The van der Waals surface area contributed by atoms with Crippen molar-refractivity contribution < 1.29 is 14.3 Å². The fraction of sp³-hybridized carbons (Fsp3) is 0.0625. The van der Waals surface area contributed by atoms with Gasteiger partial charge in [-0.05, 0) is 30.3 Å². The molecule has 2 rings (SSSR count). The standard InChI is InChI=1S/C16H14ClNO3/c1-20-16(19)14(18)9-11-5-2-3-8-15(11)21-13-7-4-6-12(17)10-13/h2-10H,18H2,1H3/b14-9+. The Bertz CT molecular complexity index is 683. The molecule has 2 aromatic carbocycles. The molecule has 2 N–H and O–H groups in total. The van der Waals surface area contributed by atoms with Crippen LogP contribution in [0.2, 0.25) is 5.02 Å². The van der Waals surface area contributed by atoms with Crippen LogP contribution in [-0.2, 0) is 9.53 Å². The molecule has 0 aliphatic carbocycles. The third kappa shape index (κ3) is 4.00. The lowest BCUT2D eigenvalue weighted by Crippen LogP contribution is -2.12. The fourth-order valence-corrected chi connectivity index (χ4v) is 1.87. The van der Waals surface area contributed by atoms with Crippen LogP contribution in [0.5, 0.6) is 11.5 Å². The second kappa shape index (κ2) is 6.81. The van der Waals surface area contributed by atoms with E-state index in [2.05, 4.69) is 4.74 Å². The van der Waals surface area contributed by atoms with Crippen molar-refractivity contribution in [3.8, 4) is 11.5 Å². The topological polar surface area (TPSA) is 61.5 Å². The first-order valence-electron chi connectivity index (χ1n) is 6.18. The number of rotatable bonds is 4. The lowest BCUT2D eigenvalue weighted by Gasteiger charge is -2.09. The lowest BCUT2D eigenvalue weighted by atomic mass is 10.1. The van der Waals surface area contributed by atoms with Gasteiger partial charge >= 0.3 is 5.97 Å². The quantitative estimate of drug-likeness (QED) is 0.692. The average molecular weight is 304 g/mol. The summed E-state index contributed by atoms with van der Waals surface area (Å²) in [4.78, 5) is 11.4. The van der Waals surface area contributed by atoms with E-state index < -0.39 is 5.97 Å². The van der Waals surface area contributed by atoms with Crippen LogP contribution in [0.15, 0.2) is 54.2 Å². The highest BCUT2D eigenvalue weighted by molar-refractivity contribution is 6.30. The Kier molecular flexibility index (Phi) is 4.85. The van der Waals surface area contributed by atoms with E-state index in [0.29, 0.717) is 22.1 Å². The minimum absolute atomic E-state index is 0.000330. The molecule has 0 bridgehead atoms. The van der Waals surface area contributed by atoms with Gasteiger partial charge in [-0.2, -0.15) is 0 Å². The Morgan fingerprint density at radius 2 is 1.95 bits per heavy atom. The van der Waals surface area contributed by atoms with Crippen LogP contribution in [0, 0.1) is 0 Å². The Balaban J connectivity index is 2.31. The smallest absolute Gasteiger partial charge is 0.353 e. The van der Waals surface area contributed by atoms with Crippen molar-refractivity contribution in [3.63, 3.8) is 0 Å². The van der Waals surface area contributed by atoms with Crippen LogP contribution in [-0.4, -0.2) is 13.1 Å². The van der Waals surface area contributed by atoms with E-state index in [0.717, 1.165) is 0 Å². The molecule has 0 unspecified atom stereocenters. The van der Waals surface area contributed by atoms with Gasteiger partial charge < -0.3 is 15.2 Å². The van der Waals surface area contributed by atoms with Crippen LogP contribution >= 0.6 is 11.6 Å². The Morgan fingerprint density at radius 1 is 1.19 bits per heavy atom. The molecule has 0 atom stereocenters. The molecule has 0 aliphatic rings. The first-order chi connectivity index (χ1) is 10.1. The summed E-state index contributed by atoms with van der Waals surface area (Å²) in [7, 11) is 1.28. The van der Waals surface area contributed by atoms with Crippen molar-refractivity contribution in [1.29, 1.82) is 0 Å². The first-order valence-corrected chi connectivity index (χ1v) is 6.56. The number of nitrogens with two attached hydrogens (primary N) is 1. The molecule has 2 aromatic rings. The van der Waals surface area contributed by atoms with E-state index in [1.54, 1.807) is 36.4 Å². The van der Waals surface area contributed by atoms with Gasteiger partial charge in [0.05, 0.1) is 7.11 Å². The molecule has 0 heterocycles. The predicted molar refractivity (Wildman–Crippen MR) is 82.1 cm³/mol. The first kappa shape index (κ1) is 14.9. The minimum Gasteiger partial charge on any atom is -0.464 e. The zero-order valence-corrected chi connectivity index (χ0v) is 12.1. The molecule has 0 aromatic heterocycles. The summed E-state index contributed by atoms with van der Waals surface area (Å²) >= 11 is 5.92. The second-order valence-corrected chi connectivity index (χ2v) is 4.62. The van der Waals surface area contributed by atoms with E-state index >= 15 is 0 Å². The van der Waals surface area contributed by atoms with Gasteiger partial charge in [0.2, 0.25) is 0 Å². The zero-order chi connectivity index (χ0) is 15.2. The van der Waals surface area contributed by atoms with Crippen molar-refractivity contribution in [2.45, 2.75) is 0 Å². The van der Waals surface area contributed by atoms with Gasteiger partial charge in [-0.1, -0.05) is 35.9 Å². The summed E-state index contributed by atoms with van der Waals surface area (Å²) in [5.74, 6) is 0.569. The summed E-state index contributed by atoms with van der Waals surface area (Å²) in [5, 5.41) is 0.578. The second-order valence-electron chi connectivity index (χ2n) is 4.19. The molecular weight excluding hydrogens is 290 g/mol. The van der Waals surface area contributed by atoms with Gasteiger partial charge in [-0.15, -0.1) is 0 Å². The summed E-state index contributed by atoms with van der Waals surface area (Å²) in [6.45, 7) is 0. The number of benzene rings is 2. The van der Waals surface area contributed by atoms with Crippen molar-refractivity contribution >= 4 is 23.6 Å². The van der Waals surface area contributed by atoms with Crippen molar-refractivity contribution in [3.05, 3.63) is 64.8 Å². The molecule has 0 fully saturated rings. The minimum atomic E-state index is -0.590. The van der Waals surface area contributed by atoms with Gasteiger partial charge in [0.1, 0.15) is 17.2 Å². The number of hydrogen-bond donors (Lipinski definition) is 1. The van der Waals surface area contributed by atoms with Gasteiger partial charge in [0.15, 0.2) is 0 Å². The molecule has 0 radical (unpaired) electrons. The number of carbonyl (C=O) groups excluding carboxylic acids is 1. The molecule has 0 aliphatic heterocycles. The normalized spacial score (nSPS) is 11.0. The SMILES string of the molecule is COC(=O)/C(N)=C\c1ccccc1Oc1cccc(Cl)c1. The van der Waals surface area contributed by atoms with Gasteiger partial charge in [-0.25, -0.2) is 4.79 Å². The van der Waals surface area contributed by atoms with E-state index in [9.17, 15) is 4.79 Å². The van der Waals surface area contributed by atoms with E-state index in [4.69, 9.17) is 22.1 Å². The number of halogens is 1. The molecule has 0 saturated heterocycles. The highest BCUT2D eigenvalue weighted by atomic mass is 35.5. The van der Waals surface area contributed by atoms with Crippen LogP contribution in [0.3, 0.4) is 0 Å². The number of esters is 1. The van der Waals surface area contributed by atoms with Crippen LogP contribution < -0.4 is 10.5 Å². The van der Waals surface area contributed by atoms with Gasteiger partial charge in [0, 0.05) is 10.6 Å². The number of ether oxygens (including phenoxy) is 2. The van der Waals surface area contributed by atoms with E-state index in [-0.39, 0.29) is 5.70 Å². The summed E-state index contributed by atoms with van der Waals surface area (Å²) in [6, 6.07) is 14.2. The lowest BCUT2D eigenvalue weighted by molar-refractivity contribution is -0.136. The highest BCUT2D eigenvalue weighted by Gasteiger charge is 2.08. The maximum atomic E-state index is 11.4.